The molecule has 0 bridgehead atoms. The molecule has 22 heavy (non-hydrogen) atoms. The lowest BCUT2D eigenvalue weighted by molar-refractivity contribution is 0.531. The molecular formula is C20H28N2. The van der Waals surface area contributed by atoms with E-state index >= 15 is 0 Å². The van der Waals surface area contributed by atoms with Crippen molar-refractivity contribution in [3.8, 4) is 0 Å². The first-order chi connectivity index (χ1) is 10.6. The van der Waals surface area contributed by atoms with E-state index in [0.29, 0.717) is 6.04 Å². The molecule has 2 heteroatoms. The molecule has 1 atom stereocenters. The molecule has 0 spiro atoms. The molecule has 0 aliphatic rings. The molecule has 0 radical (unpaired) electrons. The summed E-state index contributed by atoms with van der Waals surface area (Å²) >= 11 is 0. The number of hydrogen-bond donors (Lipinski definition) is 2. The van der Waals surface area contributed by atoms with Crippen molar-refractivity contribution in [2.24, 2.45) is 0 Å². The highest BCUT2D eigenvalue weighted by atomic mass is 15.0. The Morgan fingerprint density at radius 3 is 2.14 bits per heavy atom. The van der Waals surface area contributed by atoms with Gasteiger partial charge in [0.15, 0.2) is 0 Å². The van der Waals surface area contributed by atoms with Crippen LogP contribution in [-0.2, 0) is 0 Å². The Kier molecular flexibility index (Phi) is 6.02. The minimum atomic E-state index is 0.434. The Morgan fingerprint density at radius 2 is 1.55 bits per heavy atom. The molecule has 0 amide bonds. The van der Waals surface area contributed by atoms with Crippen molar-refractivity contribution in [1.82, 2.24) is 5.32 Å². The van der Waals surface area contributed by atoms with Gasteiger partial charge in [-0.1, -0.05) is 55.0 Å². The molecule has 0 heterocycles. The predicted molar refractivity (Wildman–Crippen MR) is 96.6 cm³/mol. The van der Waals surface area contributed by atoms with Crippen LogP contribution in [0, 0.1) is 20.8 Å². The minimum Gasteiger partial charge on any atom is -0.383 e. The van der Waals surface area contributed by atoms with E-state index < -0.39 is 0 Å². The van der Waals surface area contributed by atoms with Crippen molar-refractivity contribution < 1.29 is 0 Å². The molecule has 0 saturated heterocycles. The van der Waals surface area contributed by atoms with Crippen molar-refractivity contribution >= 4 is 5.69 Å². The lowest BCUT2D eigenvalue weighted by Gasteiger charge is -2.19. The average molecular weight is 296 g/mol. The van der Waals surface area contributed by atoms with Crippen LogP contribution in [0.2, 0.25) is 0 Å². The Balaban J connectivity index is 1.87. The minimum absolute atomic E-state index is 0.434. The first kappa shape index (κ1) is 16.6. The quantitative estimate of drug-likeness (QED) is 0.720. The second-order valence-corrected chi connectivity index (χ2v) is 6.03. The van der Waals surface area contributed by atoms with Gasteiger partial charge in [0.1, 0.15) is 0 Å². The van der Waals surface area contributed by atoms with Gasteiger partial charge in [-0.25, -0.2) is 0 Å². The van der Waals surface area contributed by atoms with Gasteiger partial charge in [0.25, 0.3) is 0 Å². The Hall–Kier alpha value is -1.80. The largest absolute Gasteiger partial charge is 0.383 e. The number of rotatable bonds is 7. The topological polar surface area (TPSA) is 24.1 Å². The Morgan fingerprint density at radius 1 is 0.909 bits per heavy atom. The third kappa shape index (κ3) is 4.35. The first-order valence-electron chi connectivity index (χ1n) is 8.22. The van der Waals surface area contributed by atoms with Crippen LogP contribution >= 0.6 is 0 Å². The molecule has 2 rings (SSSR count). The van der Waals surface area contributed by atoms with E-state index in [2.05, 4.69) is 80.8 Å². The average Bonchev–Trinajstić information content (AvgIpc) is 2.50. The van der Waals surface area contributed by atoms with Gasteiger partial charge in [-0.15, -0.1) is 0 Å². The monoisotopic (exact) mass is 296 g/mol. The van der Waals surface area contributed by atoms with Crippen LogP contribution in [0.15, 0.2) is 42.5 Å². The highest BCUT2D eigenvalue weighted by molar-refractivity contribution is 5.58. The highest BCUT2D eigenvalue weighted by Gasteiger charge is 2.08. The van der Waals surface area contributed by atoms with Crippen molar-refractivity contribution in [2.75, 3.05) is 18.4 Å². The molecule has 0 aliphatic carbocycles. The fraction of sp³-hybridized carbons (Fsp3) is 0.400. The van der Waals surface area contributed by atoms with Crippen LogP contribution in [-0.4, -0.2) is 13.1 Å². The molecular weight excluding hydrogens is 268 g/mol. The molecule has 1 unspecified atom stereocenters. The number of benzene rings is 2. The summed E-state index contributed by atoms with van der Waals surface area (Å²) in [6.45, 7) is 10.6. The molecule has 2 aromatic rings. The van der Waals surface area contributed by atoms with E-state index in [-0.39, 0.29) is 0 Å². The summed E-state index contributed by atoms with van der Waals surface area (Å²) in [5, 5.41) is 7.22. The number of nitrogens with one attached hydrogen (secondary N) is 2. The van der Waals surface area contributed by atoms with E-state index in [1.54, 1.807) is 0 Å². The molecule has 0 saturated carbocycles. The normalized spacial score (nSPS) is 12.2. The second-order valence-electron chi connectivity index (χ2n) is 6.03. The van der Waals surface area contributed by atoms with E-state index in [4.69, 9.17) is 0 Å². The zero-order chi connectivity index (χ0) is 15.9. The third-order valence-electron chi connectivity index (χ3n) is 4.10. The molecule has 118 valence electrons. The summed E-state index contributed by atoms with van der Waals surface area (Å²) in [7, 11) is 0. The van der Waals surface area contributed by atoms with Gasteiger partial charge in [-0.2, -0.15) is 0 Å². The van der Waals surface area contributed by atoms with Crippen LogP contribution in [0.4, 0.5) is 5.69 Å². The van der Waals surface area contributed by atoms with Gasteiger partial charge in [0.05, 0.1) is 0 Å². The maximum atomic E-state index is 3.64. The number of aryl methyl sites for hydroxylation is 3. The third-order valence-corrected chi connectivity index (χ3v) is 4.10. The lowest BCUT2D eigenvalue weighted by atomic mass is 10.0. The van der Waals surface area contributed by atoms with Crippen LogP contribution in [0.3, 0.4) is 0 Å². The fourth-order valence-corrected chi connectivity index (χ4v) is 3.08. The van der Waals surface area contributed by atoms with Crippen LogP contribution < -0.4 is 10.6 Å². The van der Waals surface area contributed by atoms with Gasteiger partial charge in [0.2, 0.25) is 0 Å². The van der Waals surface area contributed by atoms with Gasteiger partial charge < -0.3 is 10.6 Å². The summed E-state index contributed by atoms with van der Waals surface area (Å²) in [6, 6.07) is 15.6. The fourth-order valence-electron chi connectivity index (χ4n) is 3.08. The van der Waals surface area contributed by atoms with Crippen molar-refractivity contribution in [2.45, 2.75) is 40.2 Å². The second kappa shape index (κ2) is 8.00. The van der Waals surface area contributed by atoms with E-state index in [9.17, 15) is 0 Å². The first-order valence-corrected chi connectivity index (χ1v) is 8.22. The lowest BCUT2D eigenvalue weighted by Crippen LogP contribution is -2.26. The zero-order valence-electron chi connectivity index (χ0n) is 14.2. The van der Waals surface area contributed by atoms with E-state index in [0.717, 1.165) is 19.5 Å². The smallest absolute Gasteiger partial charge is 0.0400 e. The zero-order valence-corrected chi connectivity index (χ0v) is 14.2. The molecule has 2 N–H and O–H groups in total. The molecule has 2 aromatic carbocycles. The summed E-state index contributed by atoms with van der Waals surface area (Å²) in [6.07, 6.45) is 1.10. The van der Waals surface area contributed by atoms with Crippen LogP contribution in [0.1, 0.15) is 41.6 Å². The van der Waals surface area contributed by atoms with Gasteiger partial charge >= 0.3 is 0 Å². The van der Waals surface area contributed by atoms with E-state index in [1.807, 2.05) is 0 Å². The summed E-state index contributed by atoms with van der Waals surface area (Å²) < 4.78 is 0. The molecule has 2 nitrogen and oxygen atoms in total. The Labute approximate surface area is 135 Å². The SMILES string of the molecule is CCC(NCCNc1c(C)cc(C)cc1C)c1ccccc1. The van der Waals surface area contributed by atoms with Crippen LogP contribution in [0.5, 0.6) is 0 Å². The molecule has 0 aromatic heterocycles. The molecule has 0 aliphatic heterocycles. The van der Waals surface area contributed by atoms with Crippen LogP contribution in [0.25, 0.3) is 0 Å². The molecule has 0 fully saturated rings. The summed E-state index contributed by atoms with van der Waals surface area (Å²) in [5.41, 5.74) is 6.63. The van der Waals surface area contributed by atoms with Crippen molar-refractivity contribution in [1.29, 1.82) is 0 Å². The summed E-state index contributed by atoms with van der Waals surface area (Å²) in [5.74, 6) is 0. The summed E-state index contributed by atoms with van der Waals surface area (Å²) in [4.78, 5) is 0. The van der Waals surface area contributed by atoms with Gasteiger partial charge in [-0.05, 0) is 43.9 Å². The van der Waals surface area contributed by atoms with E-state index in [1.165, 1.54) is 27.9 Å². The standard InChI is InChI=1S/C20H28N2/c1-5-19(18-9-7-6-8-10-18)21-11-12-22-20-16(3)13-15(2)14-17(20)4/h6-10,13-14,19,21-22H,5,11-12H2,1-4H3. The Bertz CT molecular complexity index is 567. The maximum Gasteiger partial charge on any atom is 0.0400 e. The van der Waals surface area contributed by atoms with Gasteiger partial charge in [-0.3, -0.25) is 0 Å². The predicted octanol–water partition coefficient (Wildman–Crippen LogP) is 4.76. The van der Waals surface area contributed by atoms with Crippen molar-refractivity contribution in [3.05, 3.63) is 64.7 Å². The number of anilines is 1. The van der Waals surface area contributed by atoms with Crippen molar-refractivity contribution in [3.63, 3.8) is 0 Å². The van der Waals surface area contributed by atoms with Gasteiger partial charge in [0, 0.05) is 24.8 Å². The maximum absolute atomic E-state index is 3.64. The number of hydrogen-bond acceptors (Lipinski definition) is 2. The highest BCUT2D eigenvalue weighted by Crippen LogP contribution is 2.21.